The van der Waals surface area contributed by atoms with Crippen molar-refractivity contribution < 1.29 is 14.7 Å². The van der Waals surface area contributed by atoms with E-state index in [2.05, 4.69) is 0 Å². The molecule has 1 aliphatic rings. The predicted octanol–water partition coefficient (Wildman–Crippen LogP) is 2.50. The van der Waals surface area contributed by atoms with Gasteiger partial charge in [-0.1, -0.05) is 18.6 Å². The van der Waals surface area contributed by atoms with Crippen LogP contribution in [0.15, 0.2) is 24.3 Å². The average molecular weight is 261 g/mol. The van der Waals surface area contributed by atoms with Gasteiger partial charge in [0, 0.05) is 12.1 Å². The van der Waals surface area contributed by atoms with Crippen molar-refractivity contribution in [3.8, 4) is 0 Å². The lowest BCUT2D eigenvalue weighted by molar-refractivity contribution is -0.137. The van der Waals surface area contributed by atoms with Crippen molar-refractivity contribution >= 4 is 11.9 Å². The Bertz CT molecular complexity index is 463. The minimum Gasteiger partial charge on any atom is -0.480 e. The number of carbonyl (C=O) groups is 2. The second-order valence-electron chi connectivity index (χ2n) is 4.96. The Balaban J connectivity index is 2.07. The van der Waals surface area contributed by atoms with Crippen LogP contribution in [0.5, 0.6) is 0 Å². The van der Waals surface area contributed by atoms with E-state index in [0.29, 0.717) is 18.0 Å². The quantitative estimate of drug-likeness (QED) is 0.886. The van der Waals surface area contributed by atoms with Crippen LogP contribution in [0.25, 0.3) is 0 Å². The average Bonchev–Trinajstić information content (AvgIpc) is 2.34. The third-order valence-electron chi connectivity index (χ3n) is 3.73. The molecule has 0 unspecified atom stereocenters. The van der Waals surface area contributed by atoms with E-state index in [1.807, 2.05) is 12.1 Å². The minimum absolute atomic E-state index is 0.218. The van der Waals surface area contributed by atoms with E-state index < -0.39 is 5.97 Å². The Morgan fingerprint density at radius 1 is 1.26 bits per heavy atom. The van der Waals surface area contributed by atoms with E-state index in [1.54, 1.807) is 19.1 Å². The van der Waals surface area contributed by atoms with Crippen LogP contribution >= 0.6 is 0 Å². The zero-order valence-corrected chi connectivity index (χ0v) is 11.1. The fourth-order valence-corrected chi connectivity index (χ4v) is 2.31. The number of aliphatic carboxylic acids is 1. The van der Waals surface area contributed by atoms with Gasteiger partial charge in [0.25, 0.3) is 5.91 Å². The predicted molar refractivity (Wildman–Crippen MR) is 72.2 cm³/mol. The molecule has 0 atom stereocenters. The summed E-state index contributed by atoms with van der Waals surface area (Å²) in [6, 6.07) is 7.60. The van der Waals surface area contributed by atoms with E-state index in [0.717, 1.165) is 0 Å². The maximum absolute atomic E-state index is 12.1. The van der Waals surface area contributed by atoms with Crippen LogP contribution < -0.4 is 0 Å². The molecule has 4 nitrogen and oxygen atoms in total. The number of carboxylic acid groups (broad SMARTS) is 1. The molecule has 102 valence electrons. The smallest absolute Gasteiger partial charge is 0.323 e. The van der Waals surface area contributed by atoms with Gasteiger partial charge in [0.1, 0.15) is 6.54 Å². The second-order valence-corrected chi connectivity index (χ2v) is 4.96. The van der Waals surface area contributed by atoms with Gasteiger partial charge in [-0.3, -0.25) is 9.59 Å². The number of rotatable bonds is 5. The standard InChI is InChI=1S/C15H19NO3/c1-2-16(10-14(17)18)15(19)13-8-6-12(7-9-13)11-4-3-5-11/h6-9,11H,2-5,10H2,1H3,(H,17,18). The molecule has 19 heavy (non-hydrogen) atoms. The van der Waals surface area contributed by atoms with E-state index in [1.165, 1.54) is 29.7 Å². The number of nitrogens with zero attached hydrogens (tertiary/aromatic N) is 1. The van der Waals surface area contributed by atoms with Crippen molar-refractivity contribution in [2.75, 3.05) is 13.1 Å². The van der Waals surface area contributed by atoms with Crippen molar-refractivity contribution in [2.45, 2.75) is 32.1 Å². The molecule has 0 radical (unpaired) electrons. The van der Waals surface area contributed by atoms with Gasteiger partial charge in [-0.2, -0.15) is 0 Å². The van der Waals surface area contributed by atoms with Crippen LogP contribution in [-0.4, -0.2) is 35.0 Å². The van der Waals surface area contributed by atoms with Crippen LogP contribution in [0, 0.1) is 0 Å². The van der Waals surface area contributed by atoms with Gasteiger partial charge in [-0.05, 0) is 43.4 Å². The maximum Gasteiger partial charge on any atom is 0.323 e. The van der Waals surface area contributed by atoms with Crippen molar-refractivity contribution in [1.82, 2.24) is 4.90 Å². The first-order valence-electron chi connectivity index (χ1n) is 6.73. The van der Waals surface area contributed by atoms with Crippen molar-refractivity contribution in [2.24, 2.45) is 0 Å². The molecule has 1 aromatic rings. The first-order valence-corrected chi connectivity index (χ1v) is 6.73. The van der Waals surface area contributed by atoms with Crippen molar-refractivity contribution in [3.63, 3.8) is 0 Å². The largest absolute Gasteiger partial charge is 0.480 e. The van der Waals surface area contributed by atoms with Gasteiger partial charge < -0.3 is 10.0 Å². The molecule has 0 aliphatic heterocycles. The highest BCUT2D eigenvalue weighted by molar-refractivity contribution is 5.95. The molecule has 2 rings (SSSR count). The zero-order valence-electron chi connectivity index (χ0n) is 11.1. The Labute approximate surface area is 113 Å². The summed E-state index contributed by atoms with van der Waals surface area (Å²) in [7, 11) is 0. The molecular weight excluding hydrogens is 242 g/mol. The fourth-order valence-electron chi connectivity index (χ4n) is 2.31. The van der Waals surface area contributed by atoms with Gasteiger partial charge in [0.2, 0.25) is 0 Å². The molecule has 0 spiro atoms. The summed E-state index contributed by atoms with van der Waals surface area (Å²) in [6.07, 6.45) is 3.74. The molecule has 0 saturated heterocycles. The third kappa shape index (κ3) is 3.13. The molecule has 0 bridgehead atoms. The number of carboxylic acids is 1. The Morgan fingerprint density at radius 3 is 2.32 bits per heavy atom. The van der Waals surface area contributed by atoms with Gasteiger partial charge >= 0.3 is 5.97 Å². The van der Waals surface area contributed by atoms with Crippen LogP contribution in [0.3, 0.4) is 0 Å². The fraction of sp³-hybridized carbons (Fsp3) is 0.467. The summed E-state index contributed by atoms with van der Waals surface area (Å²) in [4.78, 5) is 24.2. The van der Waals surface area contributed by atoms with E-state index in [9.17, 15) is 9.59 Å². The number of carbonyl (C=O) groups excluding carboxylic acids is 1. The first-order chi connectivity index (χ1) is 9.11. The van der Waals surface area contributed by atoms with Crippen LogP contribution in [0.2, 0.25) is 0 Å². The summed E-state index contributed by atoms with van der Waals surface area (Å²) in [6.45, 7) is 1.93. The highest BCUT2D eigenvalue weighted by Crippen LogP contribution is 2.36. The highest BCUT2D eigenvalue weighted by atomic mass is 16.4. The molecule has 4 heteroatoms. The lowest BCUT2D eigenvalue weighted by Crippen LogP contribution is -2.35. The Hall–Kier alpha value is -1.84. The summed E-state index contributed by atoms with van der Waals surface area (Å²) in [5.74, 6) is -0.559. The monoisotopic (exact) mass is 261 g/mol. The molecule has 0 aromatic heterocycles. The van der Waals surface area contributed by atoms with E-state index in [4.69, 9.17) is 5.11 Å². The molecule has 1 N–H and O–H groups in total. The van der Waals surface area contributed by atoms with Crippen molar-refractivity contribution in [3.05, 3.63) is 35.4 Å². The van der Waals surface area contributed by atoms with E-state index >= 15 is 0 Å². The third-order valence-corrected chi connectivity index (χ3v) is 3.73. The SMILES string of the molecule is CCN(CC(=O)O)C(=O)c1ccc(C2CCC2)cc1. The lowest BCUT2D eigenvalue weighted by atomic mass is 9.80. The van der Waals surface area contributed by atoms with Crippen LogP contribution in [0.4, 0.5) is 0 Å². The normalized spacial score (nSPS) is 14.8. The number of amides is 1. The Kier molecular flexibility index (Phi) is 4.20. The topological polar surface area (TPSA) is 57.6 Å². The Morgan fingerprint density at radius 2 is 1.89 bits per heavy atom. The molecule has 1 amide bonds. The summed E-state index contributed by atoms with van der Waals surface area (Å²) < 4.78 is 0. The number of hydrogen-bond donors (Lipinski definition) is 1. The molecule has 1 aromatic carbocycles. The summed E-state index contributed by atoms with van der Waals surface area (Å²) in [5, 5.41) is 8.77. The van der Waals surface area contributed by atoms with Gasteiger partial charge in [-0.15, -0.1) is 0 Å². The number of likely N-dealkylation sites (N-methyl/N-ethyl adjacent to an activating group) is 1. The number of hydrogen-bond acceptors (Lipinski definition) is 2. The maximum atomic E-state index is 12.1. The van der Waals surface area contributed by atoms with Gasteiger partial charge in [0.15, 0.2) is 0 Å². The van der Waals surface area contributed by atoms with Gasteiger partial charge in [-0.25, -0.2) is 0 Å². The lowest BCUT2D eigenvalue weighted by Gasteiger charge is -2.26. The second kappa shape index (κ2) is 5.87. The summed E-state index contributed by atoms with van der Waals surface area (Å²) >= 11 is 0. The molecule has 1 fully saturated rings. The van der Waals surface area contributed by atoms with Crippen LogP contribution in [0.1, 0.15) is 48.0 Å². The van der Waals surface area contributed by atoms with Gasteiger partial charge in [0.05, 0.1) is 0 Å². The minimum atomic E-state index is -0.985. The summed E-state index contributed by atoms with van der Waals surface area (Å²) in [5.41, 5.74) is 1.84. The zero-order chi connectivity index (χ0) is 13.8. The number of benzene rings is 1. The van der Waals surface area contributed by atoms with Crippen molar-refractivity contribution in [1.29, 1.82) is 0 Å². The molecule has 1 aliphatic carbocycles. The molecular formula is C15H19NO3. The molecule has 0 heterocycles. The van der Waals surface area contributed by atoms with Crippen LogP contribution in [-0.2, 0) is 4.79 Å². The highest BCUT2D eigenvalue weighted by Gasteiger charge is 2.21. The molecule has 1 saturated carbocycles. The first kappa shape index (κ1) is 13.6. The van der Waals surface area contributed by atoms with E-state index in [-0.39, 0.29) is 12.5 Å².